The molecule has 14 nitrogen and oxygen atoms in total. The molecule has 0 aliphatic carbocycles. The molecule has 0 radical (unpaired) electrons. The van der Waals surface area contributed by atoms with Crippen molar-refractivity contribution >= 4 is 11.9 Å². The Kier molecular flexibility index (Phi) is 10.8. The van der Waals surface area contributed by atoms with E-state index in [0.717, 1.165) is 36.4 Å². The number of rotatable bonds is 13. The zero-order chi connectivity index (χ0) is 35.1. The van der Waals surface area contributed by atoms with Gasteiger partial charge in [-0.05, 0) is 91.3 Å². The van der Waals surface area contributed by atoms with Crippen LogP contribution in [0.1, 0.15) is 44.7 Å². The first-order chi connectivity index (χ1) is 22.7. The van der Waals surface area contributed by atoms with Crippen LogP contribution in [0, 0.1) is 11.8 Å². The third kappa shape index (κ3) is 8.96. The molecule has 0 unspecified atom stereocenters. The topological polar surface area (TPSA) is 255 Å². The van der Waals surface area contributed by atoms with E-state index < -0.39 is 58.3 Å². The molecular weight excluding hydrogens is 632 g/mol. The van der Waals surface area contributed by atoms with Crippen LogP contribution in [0.4, 0.5) is 0 Å². The minimum absolute atomic E-state index is 0.0308. The first-order valence-electron chi connectivity index (χ1n) is 14.6. The Hall–Kier alpha value is -6.18. The molecule has 10 N–H and O–H groups in total. The van der Waals surface area contributed by atoms with Crippen molar-refractivity contribution in [3.63, 3.8) is 0 Å². The summed E-state index contributed by atoms with van der Waals surface area (Å²) in [5.74, 6) is -8.18. The summed E-state index contributed by atoms with van der Waals surface area (Å²) in [5.41, 5.74) is 0.454. The van der Waals surface area contributed by atoms with Crippen molar-refractivity contribution in [1.29, 1.82) is 0 Å². The summed E-state index contributed by atoms with van der Waals surface area (Å²) in [7, 11) is 0. The molecule has 4 aromatic rings. The van der Waals surface area contributed by atoms with Crippen LogP contribution >= 0.6 is 0 Å². The Labute approximate surface area is 273 Å². The van der Waals surface area contributed by atoms with Crippen LogP contribution in [0.2, 0.25) is 0 Å². The van der Waals surface area contributed by atoms with E-state index in [4.69, 9.17) is 9.47 Å². The lowest BCUT2D eigenvalue weighted by atomic mass is 9.80. The van der Waals surface area contributed by atoms with Gasteiger partial charge in [0, 0.05) is 18.1 Å². The summed E-state index contributed by atoms with van der Waals surface area (Å²) in [6.07, 6.45) is 0.602. The monoisotopic (exact) mass is 666 g/mol. The number of esters is 2. The van der Waals surface area contributed by atoms with E-state index in [9.17, 15) is 60.7 Å². The van der Waals surface area contributed by atoms with E-state index in [1.807, 2.05) is 0 Å². The molecule has 0 heterocycles. The van der Waals surface area contributed by atoms with Crippen LogP contribution < -0.4 is 0 Å². The second-order valence-corrected chi connectivity index (χ2v) is 11.2. The molecule has 0 amide bonds. The Bertz CT molecular complexity index is 1710. The summed E-state index contributed by atoms with van der Waals surface area (Å²) in [6, 6.07) is 11.4. The number of phenols is 10. The molecular formula is C34H34O14. The van der Waals surface area contributed by atoms with Crippen molar-refractivity contribution < 1.29 is 70.1 Å². The number of hydrogen-bond donors (Lipinski definition) is 10. The molecule has 48 heavy (non-hydrogen) atoms. The Balaban J connectivity index is 1.61. The van der Waals surface area contributed by atoms with Gasteiger partial charge in [-0.2, -0.15) is 0 Å². The third-order valence-corrected chi connectivity index (χ3v) is 7.58. The number of ether oxygens (including phenoxy) is 2. The number of phenolic OH excluding ortho intramolecular Hbond substituents is 10. The molecule has 0 aliphatic rings. The van der Waals surface area contributed by atoms with Gasteiger partial charge in [0.2, 0.25) is 0 Å². The number of hydrogen-bond acceptors (Lipinski definition) is 14. The molecule has 0 aliphatic heterocycles. The van der Waals surface area contributed by atoms with Crippen molar-refractivity contribution in [1.82, 2.24) is 0 Å². The highest BCUT2D eigenvalue weighted by atomic mass is 16.5. The normalized spacial score (nSPS) is 12.2. The summed E-state index contributed by atoms with van der Waals surface area (Å²) in [5, 5.41) is 99.2. The van der Waals surface area contributed by atoms with E-state index in [-0.39, 0.29) is 73.0 Å². The number of carbonyl (C=O) groups excluding carboxylic acids is 2. The summed E-state index contributed by atoms with van der Waals surface area (Å²) in [6.45, 7) is -0.436. The molecule has 4 rings (SSSR count). The molecule has 0 saturated carbocycles. The molecule has 14 heteroatoms. The van der Waals surface area contributed by atoms with Gasteiger partial charge in [0.15, 0.2) is 34.5 Å². The van der Waals surface area contributed by atoms with Crippen LogP contribution in [-0.4, -0.2) is 76.2 Å². The van der Waals surface area contributed by atoms with Gasteiger partial charge in [-0.25, -0.2) is 9.59 Å². The van der Waals surface area contributed by atoms with Crippen LogP contribution in [0.3, 0.4) is 0 Å². The number of benzene rings is 4. The van der Waals surface area contributed by atoms with Crippen LogP contribution in [0.25, 0.3) is 0 Å². The van der Waals surface area contributed by atoms with Gasteiger partial charge >= 0.3 is 11.9 Å². The Morgan fingerprint density at radius 1 is 0.500 bits per heavy atom. The predicted octanol–water partition coefficient (Wildman–Crippen LogP) is 4.25. The maximum absolute atomic E-state index is 12.9. The lowest BCUT2D eigenvalue weighted by molar-refractivity contribution is 0.0361. The molecule has 0 spiro atoms. The third-order valence-electron chi connectivity index (χ3n) is 7.58. The minimum atomic E-state index is -0.899. The zero-order valence-corrected chi connectivity index (χ0v) is 25.3. The van der Waals surface area contributed by atoms with Gasteiger partial charge in [0.05, 0.1) is 24.3 Å². The second-order valence-electron chi connectivity index (χ2n) is 11.2. The fraction of sp³-hybridized carbons (Fsp3) is 0.235. The quantitative estimate of drug-likeness (QED) is 0.0544. The molecule has 0 fully saturated rings. The molecule has 0 bridgehead atoms. The zero-order valence-electron chi connectivity index (χ0n) is 25.3. The molecule has 0 aromatic heterocycles. The first-order valence-corrected chi connectivity index (χ1v) is 14.6. The lowest BCUT2D eigenvalue weighted by Crippen LogP contribution is -2.26. The minimum Gasteiger partial charge on any atom is -0.508 e. The van der Waals surface area contributed by atoms with E-state index in [0.29, 0.717) is 11.1 Å². The fourth-order valence-electron chi connectivity index (χ4n) is 5.31. The van der Waals surface area contributed by atoms with Gasteiger partial charge in [-0.15, -0.1) is 0 Å². The van der Waals surface area contributed by atoms with E-state index in [2.05, 4.69) is 0 Å². The van der Waals surface area contributed by atoms with Gasteiger partial charge < -0.3 is 60.5 Å². The van der Waals surface area contributed by atoms with E-state index in [1.54, 1.807) is 0 Å². The largest absolute Gasteiger partial charge is 0.508 e. The molecule has 4 aromatic carbocycles. The molecule has 0 saturated heterocycles. The maximum Gasteiger partial charge on any atom is 0.338 e. The molecule has 254 valence electrons. The lowest BCUT2D eigenvalue weighted by Gasteiger charge is -2.28. The maximum atomic E-state index is 12.9. The summed E-state index contributed by atoms with van der Waals surface area (Å²) in [4.78, 5) is 25.5. The first kappa shape index (κ1) is 34.7. The van der Waals surface area contributed by atoms with Crippen LogP contribution in [-0.2, 0) is 22.3 Å². The summed E-state index contributed by atoms with van der Waals surface area (Å²) >= 11 is 0. The van der Waals surface area contributed by atoms with Crippen molar-refractivity contribution in [2.45, 2.75) is 25.7 Å². The highest BCUT2D eigenvalue weighted by Crippen LogP contribution is 2.39. The molecule has 2 atom stereocenters. The predicted molar refractivity (Wildman–Crippen MR) is 167 cm³/mol. The van der Waals surface area contributed by atoms with Crippen molar-refractivity contribution in [2.24, 2.45) is 11.8 Å². The second kappa shape index (κ2) is 14.9. The van der Waals surface area contributed by atoms with Crippen LogP contribution in [0.5, 0.6) is 57.5 Å². The summed E-state index contributed by atoms with van der Waals surface area (Å²) < 4.78 is 10.9. The van der Waals surface area contributed by atoms with Crippen molar-refractivity contribution in [3.8, 4) is 57.5 Å². The average Bonchev–Trinajstić information content (AvgIpc) is 3.00. The highest BCUT2D eigenvalue weighted by molar-refractivity contribution is 5.91. The number of carbonyl (C=O) groups is 2. The van der Waals surface area contributed by atoms with Crippen LogP contribution in [0.15, 0.2) is 60.7 Å². The van der Waals surface area contributed by atoms with Gasteiger partial charge in [-0.3, -0.25) is 0 Å². The van der Waals surface area contributed by atoms with Gasteiger partial charge in [0.25, 0.3) is 0 Å². The highest BCUT2D eigenvalue weighted by Gasteiger charge is 2.27. The number of aromatic hydroxyl groups is 10. The van der Waals surface area contributed by atoms with E-state index >= 15 is 0 Å². The Morgan fingerprint density at radius 3 is 1.29 bits per heavy atom. The average molecular weight is 667 g/mol. The Morgan fingerprint density at radius 2 is 0.875 bits per heavy atom. The smallest absolute Gasteiger partial charge is 0.338 e. The SMILES string of the molecule is O=C(OCCC[C@@H](Cc1cc(O)c(O)c(O)c1)[C@@H](COC(=O)c1cc(O)cc(O)c1)Cc1cc(O)c(O)c(O)c1)c1cc(O)cc(O)c1. The standard InChI is InChI=1S/C34H34O14/c35-23-10-20(11-24(36)14-23)33(45)47-3-1-2-19(4-17-6-27(39)31(43)28(40)7-17)22(5-18-8-29(41)32(44)30(42)9-18)16-48-34(46)21-12-25(37)15-26(38)13-21/h6-15,19,22,35-44H,1-5,16H2/t19-,22+/m0/s1. The van der Waals surface area contributed by atoms with E-state index in [1.165, 1.54) is 24.3 Å². The van der Waals surface area contributed by atoms with Crippen molar-refractivity contribution in [3.05, 3.63) is 82.9 Å². The fourth-order valence-corrected chi connectivity index (χ4v) is 5.31. The van der Waals surface area contributed by atoms with Gasteiger partial charge in [-0.1, -0.05) is 0 Å². The van der Waals surface area contributed by atoms with Gasteiger partial charge in [0.1, 0.15) is 23.0 Å². The van der Waals surface area contributed by atoms with Crippen molar-refractivity contribution in [2.75, 3.05) is 13.2 Å².